The maximum absolute atomic E-state index is 13.6. The topological polar surface area (TPSA) is 29.5 Å². The van der Waals surface area contributed by atoms with Crippen molar-refractivity contribution in [3.05, 3.63) is 12.2 Å². The Morgan fingerprint density at radius 1 is 1.73 bits per heavy atom. The van der Waals surface area contributed by atoms with Crippen LogP contribution in [-0.4, -0.2) is 42.3 Å². The van der Waals surface area contributed by atoms with Crippen molar-refractivity contribution in [3.63, 3.8) is 0 Å². The van der Waals surface area contributed by atoms with E-state index in [1.54, 1.807) is 0 Å². The molecule has 0 radical (unpaired) electrons. The largest absolute Gasteiger partial charge is 0.468 e. The lowest BCUT2D eigenvalue weighted by molar-refractivity contribution is -0.152. The molecule has 3 atom stereocenters. The van der Waals surface area contributed by atoms with Gasteiger partial charge in [-0.15, -0.1) is 0 Å². The molecule has 0 unspecified atom stereocenters. The van der Waals surface area contributed by atoms with Crippen molar-refractivity contribution >= 4 is 5.97 Å². The van der Waals surface area contributed by atoms with Crippen LogP contribution in [0, 0.1) is 0 Å². The summed E-state index contributed by atoms with van der Waals surface area (Å²) in [6.07, 6.45) is -0.179. The second-order valence-electron chi connectivity index (χ2n) is 4.54. The molecular formula is C11H16FNO2. The van der Waals surface area contributed by atoms with E-state index in [-0.39, 0.29) is 18.4 Å². The van der Waals surface area contributed by atoms with Crippen LogP contribution in [0.5, 0.6) is 0 Å². The average Bonchev–Trinajstić information content (AvgIpc) is 2.63. The third-order valence-corrected chi connectivity index (χ3v) is 3.60. The number of esters is 1. The first-order valence-electron chi connectivity index (χ1n) is 5.17. The van der Waals surface area contributed by atoms with E-state index in [4.69, 9.17) is 4.74 Å². The van der Waals surface area contributed by atoms with Gasteiger partial charge in [0.1, 0.15) is 11.7 Å². The number of hydrogen-bond acceptors (Lipinski definition) is 3. The first-order valence-corrected chi connectivity index (χ1v) is 5.17. The van der Waals surface area contributed by atoms with E-state index < -0.39 is 11.7 Å². The summed E-state index contributed by atoms with van der Waals surface area (Å²) in [4.78, 5) is 13.7. The van der Waals surface area contributed by atoms with E-state index >= 15 is 0 Å². The molecule has 3 nitrogen and oxygen atoms in total. The lowest BCUT2D eigenvalue weighted by atomic mass is 9.92. The zero-order valence-corrected chi connectivity index (χ0v) is 9.12. The van der Waals surface area contributed by atoms with Crippen LogP contribution < -0.4 is 0 Å². The molecule has 15 heavy (non-hydrogen) atoms. The van der Waals surface area contributed by atoms with Crippen molar-refractivity contribution < 1.29 is 13.9 Å². The molecule has 2 aliphatic heterocycles. The highest BCUT2D eigenvalue weighted by molar-refractivity contribution is 5.83. The maximum Gasteiger partial charge on any atom is 0.326 e. The Balaban J connectivity index is 2.35. The zero-order chi connectivity index (χ0) is 11.2. The van der Waals surface area contributed by atoms with E-state index in [2.05, 4.69) is 6.58 Å². The molecule has 2 rings (SSSR count). The molecule has 2 fully saturated rings. The predicted octanol–water partition coefficient (Wildman–Crippen LogP) is 1.29. The number of ether oxygens (including phenoxy) is 1. The standard InChI is InChI=1S/C11H16FNO2/c1-7-4-11(10(14)15-3)5-9(12)8(2)13(11)6-7/h8-9H,1,4-6H2,2-3H3/t8-,9-,11-/m1/s1. The summed E-state index contributed by atoms with van der Waals surface area (Å²) < 4.78 is 18.4. The number of carbonyl (C=O) groups excluding carboxylic acids is 1. The second kappa shape index (κ2) is 3.30. The molecule has 84 valence electrons. The highest BCUT2D eigenvalue weighted by Gasteiger charge is 2.59. The summed E-state index contributed by atoms with van der Waals surface area (Å²) in [5.74, 6) is -0.326. The number of nitrogens with zero attached hydrogens (tertiary/aromatic N) is 1. The normalized spacial score (nSPS) is 40.6. The SMILES string of the molecule is C=C1CN2[C@H](C)[C@H](F)C[C@@]2(C(=O)OC)C1. The van der Waals surface area contributed by atoms with Gasteiger partial charge in [-0.25, -0.2) is 4.39 Å². The Morgan fingerprint density at radius 3 is 3.00 bits per heavy atom. The van der Waals surface area contributed by atoms with Gasteiger partial charge in [0.05, 0.1) is 7.11 Å². The van der Waals surface area contributed by atoms with Crippen molar-refractivity contribution in [2.24, 2.45) is 0 Å². The van der Waals surface area contributed by atoms with Crippen LogP contribution in [0.15, 0.2) is 12.2 Å². The van der Waals surface area contributed by atoms with Crippen molar-refractivity contribution in [3.8, 4) is 0 Å². The Kier molecular flexibility index (Phi) is 2.34. The molecule has 2 aliphatic rings. The first kappa shape index (κ1) is 10.6. The summed E-state index contributed by atoms with van der Waals surface area (Å²) in [6.45, 7) is 6.31. The Bertz CT molecular complexity index is 318. The molecule has 0 aromatic carbocycles. The van der Waals surface area contributed by atoms with Gasteiger partial charge in [0.15, 0.2) is 0 Å². The van der Waals surface area contributed by atoms with E-state index in [1.165, 1.54) is 7.11 Å². The molecule has 0 bridgehead atoms. The van der Waals surface area contributed by atoms with Crippen molar-refractivity contribution in [1.82, 2.24) is 4.90 Å². The molecule has 0 spiro atoms. The van der Waals surface area contributed by atoms with E-state index in [1.807, 2.05) is 11.8 Å². The second-order valence-corrected chi connectivity index (χ2v) is 4.54. The van der Waals surface area contributed by atoms with Crippen LogP contribution in [0.25, 0.3) is 0 Å². The van der Waals surface area contributed by atoms with Gasteiger partial charge in [-0.1, -0.05) is 12.2 Å². The van der Waals surface area contributed by atoms with Gasteiger partial charge in [0, 0.05) is 19.0 Å². The minimum absolute atomic E-state index is 0.219. The highest BCUT2D eigenvalue weighted by atomic mass is 19.1. The summed E-state index contributed by atoms with van der Waals surface area (Å²) >= 11 is 0. The predicted molar refractivity (Wildman–Crippen MR) is 54.2 cm³/mol. The highest BCUT2D eigenvalue weighted by Crippen LogP contribution is 2.45. The molecule has 0 N–H and O–H groups in total. The van der Waals surface area contributed by atoms with Gasteiger partial charge < -0.3 is 4.74 Å². The molecule has 4 heteroatoms. The van der Waals surface area contributed by atoms with Gasteiger partial charge in [0.2, 0.25) is 0 Å². The van der Waals surface area contributed by atoms with Gasteiger partial charge >= 0.3 is 5.97 Å². The number of methoxy groups -OCH3 is 1. The quantitative estimate of drug-likeness (QED) is 0.485. The van der Waals surface area contributed by atoms with Crippen LogP contribution in [0.2, 0.25) is 0 Å². The summed E-state index contributed by atoms with van der Waals surface area (Å²) in [6, 6.07) is -0.219. The fraction of sp³-hybridized carbons (Fsp3) is 0.727. The van der Waals surface area contributed by atoms with Crippen molar-refractivity contribution in [2.75, 3.05) is 13.7 Å². The van der Waals surface area contributed by atoms with E-state index in [0.29, 0.717) is 13.0 Å². The van der Waals surface area contributed by atoms with Gasteiger partial charge in [-0.2, -0.15) is 0 Å². The van der Waals surface area contributed by atoms with Gasteiger partial charge in [-0.05, 0) is 13.3 Å². The van der Waals surface area contributed by atoms with E-state index in [9.17, 15) is 9.18 Å². The third-order valence-electron chi connectivity index (χ3n) is 3.60. The molecule has 0 aromatic rings. The van der Waals surface area contributed by atoms with Crippen LogP contribution >= 0.6 is 0 Å². The molecule has 2 saturated heterocycles. The number of hydrogen-bond donors (Lipinski definition) is 0. The summed E-state index contributed by atoms with van der Waals surface area (Å²) in [5.41, 5.74) is 0.212. The summed E-state index contributed by atoms with van der Waals surface area (Å²) in [5, 5.41) is 0. The van der Waals surface area contributed by atoms with Crippen LogP contribution in [-0.2, 0) is 9.53 Å². The van der Waals surface area contributed by atoms with Crippen LogP contribution in [0.4, 0.5) is 4.39 Å². The number of alkyl halides is 1. The Morgan fingerprint density at radius 2 is 2.40 bits per heavy atom. The molecule has 2 heterocycles. The van der Waals surface area contributed by atoms with Crippen molar-refractivity contribution in [2.45, 2.75) is 37.5 Å². The molecule has 0 aromatic heterocycles. The monoisotopic (exact) mass is 213 g/mol. The lowest BCUT2D eigenvalue weighted by Gasteiger charge is -2.29. The molecule has 0 amide bonds. The molecular weight excluding hydrogens is 197 g/mol. The number of halogens is 1. The maximum atomic E-state index is 13.6. The number of carbonyl (C=O) groups is 1. The minimum atomic E-state index is -0.947. The zero-order valence-electron chi connectivity index (χ0n) is 9.12. The fourth-order valence-electron chi connectivity index (χ4n) is 2.84. The number of rotatable bonds is 1. The minimum Gasteiger partial charge on any atom is -0.468 e. The molecule has 0 saturated carbocycles. The summed E-state index contributed by atoms with van der Waals surface area (Å²) in [7, 11) is 1.35. The van der Waals surface area contributed by atoms with Gasteiger partial charge in [-0.3, -0.25) is 9.69 Å². The van der Waals surface area contributed by atoms with Crippen LogP contribution in [0.3, 0.4) is 0 Å². The fourth-order valence-corrected chi connectivity index (χ4v) is 2.84. The van der Waals surface area contributed by atoms with E-state index in [0.717, 1.165) is 5.57 Å². The smallest absolute Gasteiger partial charge is 0.326 e. The van der Waals surface area contributed by atoms with Crippen molar-refractivity contribution in [1.29, 1.82) is 0 Å². The van der Waals surface area contributed by atoms with Gasteiger partial charge in [0.25, 0.3) is 0 Å². The Labute approximate surface area is 88.9 Å². The first-order chi connectivity index (χ1) is 7.01. The average molecular weight is 213 g/mol. The lowest BCUT2D eigenvalue weighted by Crippen LogP contribution is -2.48. The number of fused-ring (bicyclic) bond motifs is 1. The molecule has 0 aliphatic carbocycles. The Hall–Kier alpha value is -0.900. The van der Waals surface area contributed by atoms with Crippen LogP contribution in [0.1, 0.15) is 19.8 Å². The third kappa shape index (κ3) is 1.31.